The quantitative estimate of drug-likeness (QED) is 0.633. The number of halogens is 1. The lowest BCUT2D eigenvalue weighted by Gasteiger charge is -2.15. The summed E-state index contributed by atoms with van der Waals surface area (Å²) in [5, 5.41) is 2.99. The molecule has 0 saturated heterocycles. The summed E-state index contributed by atoms with van der Waals surface area (Å²) in [5.74, 6) is -0.708. The Morgan fingerprint density at radius 2 is 1.94 bits per heavy atom. The molecular weight excluding hydrogens is 219 g/mol. The number of nitrogens with one attached hydrogen (secondary N) is 1. The van der Waals surface area contributed by atoms with E-state index in [1.165, 1.54) is 44.0 Å². The van der Waals surface area contributed by atoms with E-state index in [2.05, 4.69) is 10.3 Å². The van der Waals surface area contributed by atoms with Crippen LogP contribution in [-0.4, -0.2) is 16.9 Å². The fourth-order valence-electron chi connectivity index (χ4n) is 2.20. The zero-order chi connectivity index (χ0) is 12.1. The third-order valence-corrected chi connectivity index (χ3v) is 3.18. The number of rotatable bonds is 2. The van der Waals surface area contributed by atoms with Crippen LogP contribution < -0.4 is 5.32 Å². The lowest BCUT2D eigenvalue weighted by atomic mass is 10.1. The Morgan fingerprint density at radius 3 is 2.53 bits per heavy atom. The topological polar surface area (TPSA) is 42.0 Å². The molecule has 1 N–H and O–H groups in total. The van der Waals surface area contributed by atoms with E-state index < -0.39 is 5.95 Å². The second kappa shape index (κ2) is 5.75. The minimum absolute atomic E-state index is 0.149. The van der Waals surface area contributed by atoms with E-state index in [1.54, 1.807) is 0 Å². The van der Waals surface area contributed by atoms with E-state index in [0.29, 0.717) is 5.56 Å². The van der Waals surface area contributed by atoms with Crippen molar-refractivity contribution in [2.45, 2.75) is 44.6 Å². The Bertz CT molecular complexity index is 370. The number of amides is 1. The molecule has 1 heterocycles. The lowest BCUT2D eigenvalue weighted by molar-refractivity contribution is 0.0933. The maximum absolute atomic E-state index is 12.6. The van der Waals surface area contributed by atoms with Crippen molar-refractivity contribution < 1.29 is 9.18 Å². The van der Waals surface area contributed by atoms with Crippen molar-refractivity contribution in [2.24, 2.45) is 0 Å². The van der Waals surface area contributed by atoms with Crippen molar-refractivity contribution in [3.05, 3.63) is 29.8 Å². The Kier molecular flexibility index (Phi) is 4.07. The SMILES string of the molecule is O=C(NC1CCCCCC1)c1ccc(F)nc1. The van der Waals surface area contributed by atoms with Gasteiger partial charge in [0.15, 0.2) is 0 Å². The monoisotopic (exact) mass is 236 g/mol. The second-order valence-electron chi connectivity index (χ2n) is 4.53. The van der Waals surface area contributed by atoms with Crippen LogP contribution in [0, 0.1) is 5.95 Å². The molecule has 4 heteroatoms. The molecule has 17 heavy (non-hydrogen) atoms. The molecule has 1 fully saturated rings. The first-order valence-corrected chi connectivity index (χ1v) is 6.18. The van der Waals surface area contributed by atoms with Crippen molar-refractivity contribution in [3.63, 3.8) is 0 Å². The van der Waals surface area contributed by atoms with E-state index >= 15 is 0 Å². The highest BCUT2D eigenvalue weighted by molar-refractivity contribution is 5.93. The van der Waals surface area contributed by atoms with E-state index in [9.17, 15) is 9.18 Å². The van der Waals surface area contributed by atoms with E-state index in [4.69, 9.17) is 0 Å². The summed E-state index contributed by atoms with van der Waals surface area (Å²) < 4.78 is 12.6. The summed E-state index contributed by atoms with van der Waals surface area (Å²) in [7, 11) is 0. The molecule has 1 aromatic rings. The predicted molar refractivity (Wildman–Crippen MR) is 63.2 cm³/mol. The maximum Gasteiger partial charge on any atom is 0.253 e. The molecule has 0 unspecified atom stereocenters. The molecule has 92 valence electrons. The van der Waals surface area contributed by atoms with Gasteiger partial charge in [-0.15, -0.1) is 0 Å². The van der Waals surface area contributed by atoms with Gasteiger partial charge in [0.25, 0.3) is 5.91 Å². The van der Waals surface area contributed by atoms with Gasteiger partial charge in [-0.05, 0) is 25.0 Å². The summed E-state index contributed by atoms with van der Waals surface area (Å²) in [6.07, 6.45) is 8.22. The third-order valence-electron chi connectivity index (χ3n) is 3.18. The zero-order valence-corrected chi connectivity index (χ0v) is 9.79. The molecule has 0 spiro atoms. The van der Waals surface area contributed by atoms with Crippen LogP contribution in [0.3, 0.4) is 0 Å². The van der Waals surface area contributed by atoms with Crippen LogP contribution >= 0.6 is 0 Å². The Morgan fingerprint density at radius 1 is 1.24 bits per heavy atom. The van der Waals surface area contributed by atoms with Gasteiger partial charge in [-0.25, -0.2) is 4.98 Å². The van der Waals surface area contributed by atoms with Gasteiger partial charge in [0.2, 0.25) is 5.95 Å². The molecule has 1 aromatic heterocycles. The number of aromatic nitrogens is 1. The van der Waals surface area contributed by atoms with Gasteiger partial charge in [0.05, 0.1) is 5.56 Å². The molecule has 2 rings (SSSR count). The molecule has 0 radical (unpaired) electrons. The largest absolute Gasteiger partial charge is 0.349 e. The average Bonchev–Trinajstić information content (AvgIpc) is 2.58. The third kappa shape index (κ3) is 3.51. The van der Waals surface area contributed by atoms with Crippen LogP contribution in [-0.2, 0) is 0 Å². The highest BCUT2D eigenvalue weighted by Crippen LogP contribution is 2.17. The van der Waals surface area contributed by atoms with E-state index in [-0.39, 0.29) is 11.9 Å². The summed E-state index contributed by atoms with van der Waals surface area (Å²) >= 11 is 0. The number of pyridine rings is 1. The maximum atomic E-state index is 12.6. The zero-order valence-electron chi connectivity index (χ0n) is 9.79. The molecule has 0 bridgehead atoms. The van der Waals surface area contributed by atoms with Gasteiger partial charge in [0.1, 0.15) is 0 Å². The molecule has 0 aromatic carbocycles. The standard InChI is InChI=1S/C13H17FN2O/c14-12-8-7-10(9-15-12)13(17)16-11-5-3-1-2-4-6-11/h7-9,11H,1-6H2,(H,16,17). The van der Waals surface area contributed by atoms with Gasteiger partial charge >= 0.3 is 0 Å². The average molecular weight is 236 g/mol. The Hall–Kier alpha value is -1.45. The highest BCUT2D eigenvalue weighted by atomic mass is 19.1. The van der Waals surface area contributed by atoms with Crippen LogP contribution in [0.25, 0.3) is 0 Å². The Balaban J connectivity index is 1.93. The van der Waals surface area contributed by atoms with Crippen LogP contribution in [0.5, 0.6) is 0 Å². The Labute approximate surface area is 100 Å². The van der Waals surface area contributed by atoms with Gasteiger partial charge < -0.3 is 5.32 Å². The number of hydrogen-bond donors (Lipinski definition) is 1. The predicted octanol–water partition coefficient (Wildman–Crippen LogP) is 2.67. The molecule has 3 nitrogen and oxygen atoms in total. The summed E-state index contributed by atoms with van der Waals surface area (Å²) in [5.41, 5.74) is 0.427. The molecule has 0 aliphatic heterocycles. The van der Waals surface area contributed by atoms with Gasteiger partial charge in [-0.2, -0.15) is 4.39 Å². The van der Waals surface area contributed by atoms with Crippen molar-refractivity contribution in [1.82, 2.24) is 10.3 Å². The fourth-order valence-corrected chi connectivity index (χ4v) is 2.20. The first-order valence-electron chi connectivity index (χ1n) is 6.18. The molecule has 1 saturated carbocycles. The smallest absolute Gasteiger partial charge is 0.253 e. The molecule has 1 amide bonds. The van der Waals surface area contributed by atoms with Crippen molar-refractivity contribution in [2.75, 3.05) is 0 Å². The van der Waals surface area contributed by atoms with Crippen LogP contribution in [0.1, 0.15) is 48.9 Å². The number of nitrogens with zero attached hydrogens (tertiary/aromatic N) is 1. The van der Waals surface area contributed by atoms with Gasteiger partial charge in [-0.3, -0.25) is 4.79 Å². The van der Waals surface area contributed by atoms with Gasteiger partial charge in [0, 0.05) is 12.2 Å². The van der Waals surface area contributed by atoms with Crippen molar-refractivity contribution in [3.8, 4) is 0 Å². The molecule has 1 aliphatic carbocycles. The fraction of sp³-hybridized carbons (Fsp3) is 0.538. The first-order chi connectivity index (χ1) is 8.25. The van der Waals surface area contributed by atoms with Crippen LogP contribution in [0.2, 0.25) is 0 Å². The van der Waals surface area contributed by atoms with Crippen LogP contribution in [0.4, 0.5) is 4.39 Å². The number of hydrogen-bond acceptors (Lipinski definition) is 2. The summed E-state index contributed by atoms with van der Waals surface area (Å²) in [4.78, 5) is 15.3. The molecular formula is C13H17FN2O. The van der Waals surface area contributed by atoms with Crippen molar-refractivity contribution >= 4 is 5.91 Å². The normalized spacial score (nSPS) is 17.5. The lowest BCUT2D eigenvalue weighted by Crippen LogP contribution is -2.34. The highest BCUT2D eigenvalue weighted by Gasteiger charge is 2.15. The molecule has 1 aliphatic rings. The summed E-state index contributed by atoms with van der Waals surface area (Å²) in [6, 6.07) is 2.94. The second-order valence-corrected chi connectivity index (χ2v) is 4.53. The first kappa shape index (κ1) is 12.0. The number of carbonyl (C=O) groups excluding carboxylic acids is 1. The van der Waals surface area contributed by atoms with E-state index in [1.807, 2.05) is 0 Å². The summed E-state index contributed by atoms with van der Waals surface area (Å²) in [6.45, 7) is 0. The van der Waals surface area contributed by atoms with Gasteiger partial charge in [-0.1, -0.05) is 25.7 Å². The molecule has 0 atom stereocenters. The minimum atomic E-state index is -0.559. The van der Waals surface area contributed by atoms with Crippen molar-refractivity contribution in [1.29, 1.82) is 0 Å². The van der Waals surface area contributed by atoms with Crippen LogP contribution in [0.15, 0.2) is 18.3 Å². The minimum Gasteiger partial charge on any atom is -0.349 e. The van der Waals surface area contributed by atoms with E-state index in [0.717, 1.165) is 12.8 Å². The number of carbonyl (C=O) groups is 1.